The Balaban J connectivity index is 2.58. The molecule has 2 nitrogen and oxygen atoms in total. The van der Waals surface area contributed by atoms with Gasteiger partial charge in [-0.05, 0) is 121 Å². The third kappa shape index (κ3) is 4.85. The molecule has 152 valence electrons. The highest BCUT2D eigenvalue weighted by Crippen LogP contribution is 2.49. The molecule has 0 aromatic carbocycles. The van der Waals surface area contributed by atoms with Gasteiger partial charge in [-0.2, -0.15) is 0 Å². The molecule has 2 fully saturated rings. The van der Waals surface area contributed by atoms with Crippen molar-refractivity contribution in [2.75, 3.05) is 0 Å². The van der Waals surface area contributed by atoms with Crippen molar-refractivity contribution >= 4 is 23.6 Å². The minimum Gasteiger partial charge on any atom is -0.352 e. The second kappa shape index (κ2) is 7.25. The Morgan fingerprint density at radius 2 is 0.885 bits per heavy atom. The molecule has 2 heterocycles. The Morgan fingerprint density at radius 1 is 0.615 bits per heavy atom. The lowest BCUT2D eigenvalue weighted by Gasteiger charge is -2.63. The van der Waals surface area contributed by atoms with Gasteiger partial charge in [0.05, 0.1) is 0 Å². The van der Waals surface area contributed by atoms with Crippen LogP contribution in [0.15, 0.2) is 0 Å². The van der Waals surface area contributed by atoms with E-state index in [0.717, 1.165) is 0 Å². The number of nitrogens with zero attached hydrogens (tertiary/aromatic N) is 2. The lowest BCUT2D eigenvalue weighted by atomic mass is 9.82. The average Bonchev–Trinajstić information content (AvgIpc) is 2.31. The lowest BCUT2D eigenvalue weighted by Crippen LogP contribution is -2.75. The van der Waals surface area contributed by atoms with Crippen LogP contribution in [0.25, 0.3) is 0 Å². The SMILES string of the molecule is CC(C)(C)[S][Al]([N]1C(C)(C)CCCC1(C)C)[N]1C(C)(C)CCCC1(C)C. The maximum atomic E-state index is 3.04. The van der Waals surface area contributed by atoms with E-state index in [1.165, 1.54) is 38.5 Å². The fourth-order valence-corrected chi connectivity index (χ4v) is 15.7. The highest BCUT2D eigenvalue weighted by atomic mass is 32.3. The third-order valence-electron chi connectivity index (χ3n) is 6.66. The van der Waals surface area contributed by atoms with Crippen molar-refractivity contribution in [1.29, 1.82) is 0 Å². The van der Waals surface area contributed by atoms with Gasteiger partial charge in [0.25, 0.3) is 0 Å². The molecule has 0 bridgehead atoms. The summed E-state index contributed by atoms with van der Waals surface area (Å²) in [5.74, 6) is 0. The summed E-state index contributed by atoms with van der Waals surface area (Å²) in [6.45, 7) is 27.4. The summed E-state index contributed by atoms with van der Waals surface area (Å²) < 4.78 is 6.37. The standard InChI is InChI=1S/2C9H18N.C4H10S.Al/c2*1-8(2)6-5-7-9(3,4)10-8;1-4(2,3)5;/h2*5-7H2,1-4H3;5H,1-3H3;/q2*-1;;+3/p-1. The predicted octanol–water partition coefficient (Wildman–Crippen LogP) is 6.59. The number of piperidine rings is 2. The van der Waals surface area contributed by atoms with Crippen LogP contribution in [0, 0.1) is 0 Å². The van der Waals surface area contributed by atoms with E-state index in [1.807, 2.05) is 0 Å². The van der Waals surface area contributed by atoms with Crippen LogP contribution in [0.1, 0.15) is 115 Å². The van der Waals surface area contributed by atoms with Crippen LogP contribution < -0.4 is 0 Å². The molecular weight excluding hydrogens is 351 g/mol. The first kappa shape index (κ1) is 23.1. The lowest BCUT2D eigenvalue weighted by molar-refractivity contribution is 0.000742. The summed E-state index contributed by atoms with van der Waals surface area (Å²) in [6.07, 6.45) is 8.06. The summed E-state index contributed by atoms with van der Waals surface area (Å²) in [4.78, 5) is 0. The van der Waals surface area contributed by atoms with Crippen LogP contribution in [0.2, 0.25) is 0 Å². The summed E-state index contributed by atoms with van der Waals surface area (Å²) in [7, 11) is 2.31. The summed E-state index contributed by atoms with van der Waals surface area (Å²) in [5.41, 5.74) is 1.17. The van der Waals surface area contributed by atoms with Crippen LogP contribution in [-0.4, -0.2) is 48.1 Å². The molecule has 0 N–H and O–H groups in total. The summed E-state index contributed by atoms with van der Waals surface area (Å²) in [5, 5.41) is 0. The van der Waals surface area contributed by atoms with Crippen LogP contribution in [0.3, 0.4) is 0 Å². The predicted molar refractivity (Wildman–Crippen MR) is 121 cm³/mol. The van der Waals surface area contributed by atoms with Gasteiger partial charge in [0, 0.05) is 0 Å². The van der Waals surface area contributed by atoms with Gasteiger partial charge in [-0.1, -0.05) is 20.8 Å². The highest BCUT2D eigenvalue weighted by molar-refractivity contribution is 8.25. The molecule has 2 saturated heterocycles. The molecule has 2 rings (SSSR count). The molecule has 0 atom stereocenters. The fourth-order valence-electron chi connectivity index (χ4n) is 5.76. The number of hydrogen-bond donors (Lipinski definition) is 0. The molecule has 0 aromatic rings. The monoisotopic (exact) mass is 396 g/mol. The Bertz CT molecular complexity index is 435. The van der Waals surface area contributed by atoms with Crippen molar-refractivity contribution in [3.63, 3.8) is 0 Å². The molecule has 2 aliphatic rings. The molecule has 0 saturated carbocycles. The third-order valence-corrected chi connectivity index (χ3v) is 15.3. The van der Waals surface area contributed by atoms with Crippen molar-refractivity contribution in [1.82, 2.24) is 7.77 Å². The summed E-state index contributed by atoms with van der Waals surface area (Å²) >= 11 is -1.44. The zero-order valence-corrected chi connectivity index (χ0v) is 21.6. The Kier molecular flexibility index (Phi) is 6.43. The molecule has 26 heavy (non-hydrogen) atoms. The van der Waals surface area contributed by atoms with E-state index >= 15 is 0 Å². The molecule has 2 aliphatic heterocycles. The van der Waals surface area contributed by atoms with Crippen LogP contribution in [0.4, 0.5) is 0 Å². The molecule has 0 amide bonds. The van der Waals surface area contributed by atoms with Gasteiger partial charge in [-0.3, -0.25) is 0 Å². The average molecular weight is 397 g/mol. The first-order valence-corrected chi connectivity index (χ1v) is 14.1. The first-order valence-electron chi connectivity index (χ1n) is 10.8. The summed E-state index contributed by atoms with van der Waals surface area (Å²) in [6, 6.07) is 0. The maximum absolute atomic E-state index is 3.04. The molecule has 4 heteroatoms. The van der Waals surface area contributed by atoms with Gasteiger partial charge in [0.1, 0.15) is 0 Å². The van der Waals surface area contributed by atoms with Crippen molar-refractivity contribution in [2.45, 2.75) is 142 Å². The van der Waals surface area contributed by atoms with E-state index in [0.29, 0.717) is 26.9 Å². The Labute approximate surface area is 172 Å². The second-order valence-electron chi connectivity index (χ2n) is 12.3. The molecule has 0 unspecified atom stereocenters. The van der Waals surface area contributed by atoms with Crippen LogP contribution in [-0.2, 0) is 0 Å². The molecular formula is C22H45AlN2S. The van der Waals surface area contributed by atoms with Crippen molar-refractivity contribution in [2.24, 2.45) is 0 Å². The van der Waals surface area contributed by atoms with Gasteiger partial charge in [-0.15, -0.1) is 0 Å². The van der Waals surface area contributed by atoms with Crippen molar-refractivity contribution < 1.29 is 0 Å². The largest absolute Gasteiger partial charge is 0.578 e. The van der Waals surface area contributed by atoms with E-state index in [2.05, 4.69) is 94.1 Å². The van der Waals surface area contributed by atoms with E-state index in [9.17, 15) is 0 Å². The normalized spacial score (nSPS) is 28.7. The minimum absolute atomic E-state index is 0.292. The zero-order valence-electron chi connectivity index (χ0n) is 19.6. The zero-order chi connectivity index (χ0) is 20.2. The Hall–Kier alpha value is 0.802. The molecule has 0 aliphatic carbocycles. The van der Waals surface area contributed by atoms with Crippen molar-refractivity contribution in [3.8, 4) is 0 Å². The fraction of sp³-hybridized carbons (Fsp3) is 1.00. The van der Waals surface area contributed by atoms with Gasteiger partial charge in [-0.25, -0.2) is 10.1 Å². The first-order chi connectivity index (χ1) is 11.5. The van der Waals surface area contributed by atoms with E-state index in [-0.39, 0.29) is 0 Å². The van der Waals surface area contributed by atoms with Crippen molar-refractivity contribution in [3.05, 3.63) is 0 Å². The van der Waals surface area contributed by atoms with Gasteiger partial charge < -0.3 is 7.77 Å². The maximum Gasteiger partial charge on any atom is 0.578 e. The minimum atomic E-state index is -1.44. The molecule has 0 aromatic heterocycles. The topological polar surface area (TPSA) is 6.48 Å². The highest BCUT2D eigenvalue weighted by Gasteiger charge is 2.58. The smallest absolute Gasteiger partial charge is 0.352 e. The van der Waals surface area contributed by atoms with E-state index in [1.54, 1.807) is 0 Å². The quantitative estimate of drug-likeness (QED) is 0.497. The van der Waals surface area contributed by atoms with Crippen LogP contribution in [0.5, 0.6) is 0 Å². The van der Waals surface area contributed by atoms with Gasteiger partial charge in [0.2, 0.25) is 0 Å². The van der Waals surface area contributed by atoms with Crippen LogP contribution >= 0.6 is 10.1 Å². The number of rotatable bonds is 3. The van der Waals surface area contributed by atoms with E-state index < -0.39 is 13.5 Å². The number of hydrogen-bond acceptors (Lipinski definition) is 3. The second-order valence-corrected chi connectivity index (χ2v) is 17.4. The van der Waals surface area contributed by atoms with Gasteiger partial charge in [0.15, 0.2) is 0 Å². The molecule has 0 spiro atoms. The Morgan fingerprint density at radius 3 is 1.12 bits per heavy atom. The molecule has 0 radical (unpaired) electrons. The van der Waals surface area contributed by atoms with E-state index in [4.69, 9.17) is 0 Å². The van der Waals surface area contributed by atoms with Gasteiger partial charge >= 0.3 is 13.5 Å².